The summed E-state index contributed by atoms with van der Waals surface area (Å²) in [6.07, 6.45) is 0. The fourth-order valence-corrected chi connectivity index (χ4v) is 5.19. The second kappa shape index (κ2) is 10.4. The molecule has 2 atom stereocenters. The van der Waals surface area contributed by atoms with Crippen LogP contribution >= 0.6 is 0 Å². The molecule has 0 radical (unpaired) electrons. The lowest BCUT2D eigenvalue weighted by molar-refractivity contribution is 0.503. The van der Waals surface area contributed by atoms with Gasteiger partial charge in [0.15, 0.2) is 0 Å². The molecule has 3 aromatic carbocycles. The SMILES string of the molecule is CC(C)c1cc(CS(=O)(=O)NC(c2ccccc2)C(N)c2ccccc2)cc(C(C)C)c1. The number of benzene rings is 3. The fourth-order valence-electron chi connectivity index (χ4n) is 3.83. The molecule has 3 N–H and O–H groups in total. The van der Waals surface area contributed by atoms with Gasteiger partial charge in [-0.1, -0.05) is 107 Å². The summed E-state index contributed by atoms with van der Waals surface area (Å²) in [4.78, 5) is 0. The zero-order chi connectivity index (χ0) is 23.3. The summed E-state index contributed by atoms with van der Waals surface area (Å²) in [6, 6.07) is 24.2. The predicted octanol–water partition coefficient (Wildman–Crippen LogP) is 5.79. The molecule has 3 rings (SSSR count). The lowest BCUT2D eigenvalue weighted by Crippen LogP contribution is -2.36. The molecule has 4 nitrogen and oxygen atoms in total. The van der Waals surface area contributed by atoms with Gasteiger partial charge in [-0.25, -0.2) is 13.1 Å². The van der Waals surface area contributed by atoms with Gasteiger partial charge in [-0.05, 0) is 39.7 Å². The Hall–Kier alpha value is -2.47. The van der Waals surface area contributed by atoms with E-state index in [0.717, 1.165) is 27.8 Å². The normalized spacial score (nSPS) is 14.0. The van der Waals surface area contributed by atoms with E-state index in [2.05, 4.69) is 38.5 Å². The Morgan fingerprint density at radius 1 is 0.719 bits per heavy atom. The Bertz CT molecular complexity index is 1080. The Balaban J connectivity index is 1.92. The summed E-state index contributed by atoms with van der Waals surface area (Å²) in [5, 5.41) is 0. The molecule has 0 aliphatic heterocycles. The van der Waals surface area contributed by atoms with Crippen molar-refractivity contribution in [2.75, 3.05) is 0 Å². The van der Waals surface area contributed by atoms with Crippen LogP contribution in [-0.4, -0.2) is 8.42 Å². The Labute approximate surface area is 192 Å². The van der Waals surface area contributed by atoms with Crippen molar-refractivity contribution in [1.29, 1.82) is 0 Å². The van der Waals surface area contributed by atoms with E-state index in [-0.39, 0.29) is 5.75 Å². The molecule has 0 heterocycles. The molecule has 0 aliphatic rings. The van der Waals surface area contributed by atoms with Crippen LogP contribution in [0, 0.1) is 0 Å². The lowest BCUT2D eigenvalue weighted by Gasteiger charge is -2.26. The first-order valence-electron chi connectivity index (χ1n) is 11.2. The quantitative estimate of drug-likeness (QED) is 0.433. The number of hydrogen-bond acceptors (Lipinski definition) is 3. The Kier molecular flexibility index (Phi) is 7.88. The molecule has 0 fully saturated rings. The van der Waals surface area contributed by atoms with E-state index in [1.807, 2.05) is 72.8 Å². The van der Waals surface area contributed by atoms with Crippen molar-refractivity contribution in [3.05, 3.63) is 107 Å². The van der Waals surface area contributed by atoms with Crippen molar-refractivity contribution in [3.8, 4) is 0 Å². The molecule has 0 spiro atoms. The number of nitrogens with two attached hydrogens (primary N) is 1. The molecule has 0 saturated heterocycles. The molecular weight excluding hydrogens is 416 g/mol. The maximum Gasteiger partial charge on any atom is 0.216 e. The van der Waals surface area contributed by atoms with Crippen molar-refractivity contribution in [1.82, 2.24) is 4.72 Å². The van der Waals surface area contributed by atoms with E-state index in [1.54, 1.807) is 0 Å². The van der Waals surface area contributed by atoms with E-state index >= 15 is 0 Å². The highest BCUT2D eigenvalue weighted by Gasteiger charge is 2.27. The van der Waals surface area contributed by atoms with Gasteiger partial charge in [-0.2, -0.15) is 0 Å². The number of sulfonamides is 1. The Morgan fingerprint density at radius 2 is 1.19 bits per heavy atom. The first-order valence-corrected chi connectivity index (χ1v) is 12.8. The van der Waals surface area contributed by atoms with Crippen LogP contribution in [0.2, 0.25) is 0 Å². The summed E-state index contributed by atoms with van der Waals surface area (Å²) in [6.45, 7) is 8.50. The molecule has 170 valence electrons. The van der Waals surface area contributed by atoms with Crippen molar-refractivity contribution in [3.63, 3.8) is 0 Å². The molecule has 0 amide bonds. The van der Waals surface area contributed by atoms with Gasteiger partial charge in [-0.3, -0.25) is 0 Å². The highest BCUT2D eigenvalue weighted by molar-refractivity contribution is 7.88. The van der Waals surface area contributed by atoms with Crippen LogP contribution in [-0.2, 0) is 15.8 Å². The summed E-state index contributed by atoms with van der Waals surface area (Å²) in [5.74, 6) is 0.566. The first-order chi connectivity index (χ1) is 15.2. The standard InChI is InChI=1S/C27H34N2O2S/c1-19(2)24-15-21(16-25(17-24)20(3)4)18-32(30,31)29-27(23-13-9-6-10-14-23)26(28)22-11-7-5-8-12-22/h5-17,19-20,26-27,29H,18,28H2,1-4H3. The van der Waals surface area contributed by atoms with E-state index in [0.29, 0.717) is 11.8 Å². The van der Waals surface area contributed by atoms with Crippen LogP contribution < -0.4 is 10.5 Å². The van der Waals surface area contributed by atoms with Crippen molar-refractivity contribution in [2.45, 2.75) is 57.4 Å². The van der Waals surface area contributed by atoms with Gasteiger partial charge in [0.25, 0.3) is 0 Å². The minimum atomic E-state index is -3.65. The molecule has 5 heteroatoms. The van der Waals surface area contributed by atoms with Crippen molar-refractivity contribution >= 4 is 10.0 Å². The summed E-state index contributed by atoms with van der Waals surface area (Å²) >= 11 is 0. The zero-order valence-corrected chi connectivity index (χ0v) is 20.1. The lowest BCUT2D eigenvalue weighted by atomic mass is 9.93. The van der Waals surface area contributed by atoms with Gasteiger partial charge in [0.2, 0.25) is 10.0 Å². The molecule has 0 aromatic heterocycles. The van der Waals surface area contributed by atoms with Crippen molar-refractivity contribution in [2.24, 2.45) is 5.73 Å². The molecule has 0 bridgehead atoms. The highest BCUT2D eigenvalue weighted by Crippen LogP contribution is 2.29. The van der Waals surface area contributed by atoms with E-state index in [1.165, 1.54) is 0 Å². The fraction of sp³-hybridized carbons (Fsp3) is 0.333. The second-order valence-electron chi connectivity index (χ2n) is 9.02. The predicted molar refractivity (Wildman–Crippen MR) is 133 cm³/mol. The monoisotopic (exact) mass is 450 g/mol. The second-order valence-corrected chi connectivity index (χ2v) is 10.8. The Morgan fingerprint density at radius 3 is 1.66 bits per heavy atom. The van der Waals surface area contributed by atoms with Crippen LogP contribution in [0.3, 0.4) is 0 Å². The average molecular weight is 451 g/mol. The summed E-state index contributed by atoms with van der Waals surface area (Å²) in [7, 11) is -3.65. The van der Waals surface area contributed by atoms with Crippen LogP contribution in [0.15, 0.2) is 78.9 Å². The molecular formula is C27H34N2O2S. The van der Waals surface area contributed by atoms with E-state index in [4.69, 9.17) is 5.73 Å². The average Bonchev–Trinajstić information content (AvgIpc) is 2.77. The third kappa shape index (κ3) is 6.28. The largest absolute Gasteiger partial charge is 0.322 e. The number of rotatable bonds is 9. The zero-order valence-electron chi connectivity index (χ0n) is 19.3. The van der Waals surface area contributed by atoms with Crippen LogP contribution in [0.4, 0.5) is 0 Å². The van der Waals surface area contributed by atoms with Gasteiger partial charge in [0, 0.05) is 0 Å². The van der Waals surface area contributed by atoms with Crippen LogP contribution in [0.1, 0.15) is 79.4 Å². The number of nitrogens with one attached hydrogen (secondary N) is 1. The topological polar surface area (TPSA) is 72.2 Å². The van der Waals surface area contributed by atoms with Gasteiger partial charge in [0.1, 0.15) is 0 Å². The van der Waals surface area contributed by atoms with Gasteiger partial charge >= 0.3 is 0 Å². The summed E-state index contributed by atoms with van der Waals surface area (Å²) in [5.41, 5.74) is 11.4. The third-order valence-corrected chi connectivity index (χ3v) is 7.06. The van der Waals surface area contributed by atoms with Gasteiger partial charge in [-0.15, -0.1) is 0 Å². The van der Waals surface area contributed by atoms with Crippen molar-refractivity contribution < 1.29 is 8.42 Å². The molecule has 32 heavy (non-hydrogen) atoms. The summed E-state index contributed by atoms with van der Waals surface area (Å²) < 4.78 is 29.5. The number of hydrogen-bond donors (Lipinski definition) is 2. The highest BCUT2D eigenvalue weighted by atomic mass is 32.2. The first kappa shape index (κ1) is 24.2. The molecule has 3 aromatic rings. The molecule has 0 aliphatic carbocycles. The van der Waals surface area contributed by atoms with Gasteiger partial charge in [0.05, 0.1) is 17.8 Å². The minimum absolute atomic E-state index is 0.0852. The van der Waals surface area contributed by atoms with E-state index in [9.17, 15) is 8.42 Å². The van der Waals surface area contributed by atoms with Crippen LogP contribution in [0.25, 0.3) is 0 Å². The van der Waals surface area contributed by atoms with Crippen LogP contribution in [0.5, 0.6) is 0 Å². The van der Waals surface area contributed by atoms with E-state index < -0.39 is 22.1 Å². The molecule has 0 saturated carbocycles. The maximum absolute atomic E-state index is 13.3. The van der Waals surface area contributed by atoms with Gasteiger partial charge < -0.3 is 5.73 Å². The molecule has 2 unspecified atom stereocenters. The smallest absolute Gasteiger partial charge is 0.216 e. The third-order valence-electron chi connectivity index (χ3n) is 5.74. The maximum atomic E-state index is 13.3. The minimum Gasteiger partial charge on any atom is -0.322 e.